The Labute approximate surface area is 335 Å². The molecule has 268 valence electrons. The Hall–Kier alpha value is -7.20. The van der Waals surface area contributed by atoms with E-state index in [-0.39, 0.29) is 0 Å². The lowest BCUT2D eigenvalue weighted by Gasteiger charge is -2.25. The average molecular weight is 746 g/mol. The summed E-state index contributed by atoms with van der Waals surface area (Å²) in [7, 11) is 0. The maximum atomic E-state index is 6.35. The largest absolute Gasteiger partial charge is 0.456 e. The van der Waals surface area contributed by atoms with Crippen LogP contribution in [0.3, 0.4) is 0 Å². The summed E-state index contributed by atoms with van der Waals surface area (Å²) in [5, 5.41) is 4.80. The molecule has 0 aliphatic carbocycles. The first kappa shape index (κ1) is 33.2. The third-order valence-corrected chi connectivity index (χ3v) is 12.2. The maximum Gasteiger partial charge on any atom is 0.135 e. The van der Waals surface area contributed by atoms with Crippen molar-refractivity contribution in [3.63, 3.8) is 0 Å². The fraction of sp³-hybridized carbons (Fsp3) is 0. The van der Waals surface area contributed by atoms with Crippen molar-refractivity contribution in [2.45, 2.75) is 0 Å². The predicted molar refractivity (Wildman–Crippen MR) is 243 cm³/mol. The predicted octanol–water partition coefficient (Wildman–Crippen LogP) is 16.1. The highest BCUT2D eigenvalue weighted by molar-refractivity contribution is 7.25. The monoisotopic (exact) mass is 745 g/mol. The molecule has 9 aromatic carbocycles. The van der Waals surface area contributed by atoms with Crippen LogP contribution in [0.5, 0.6) is 0 Å². The number of fused-ring (bicyclic) bond motifs is 6. The second kappa shape index (κ2) is 13.8. The molecule has 0 unspecified atom stereocenters. The van der Waals surface area contributed by atoms with E-state index in [4.69, 9.17) is 4.42 Å². The zero-order chi connectivity index (χ0) is 37.7. The van der Waals surface area contributed by atoms with Gasteiger partial charge in [0.15, 0.2) is 0 Å². The molecule has 0 aliphatic heterocycles. The van der Waals surface area contributed by atoms with E-state index >= 15 is 0 Å². The summed E-state index contributed by atoms with van der Waals surface area (Å²) in [6, 6.07) is 76.3. The molecule has 0 amide bonds. The Balaban J connectivity index is 0.933. The number of nitrogens with zero attached hydrogens (tertiary/aromatic N) is 1. The third kappa shape index (κ3) is 6.06. The zero-order valence-corrected chi connectivity index (χ0v) is 31.8. The molecule has 0 fully saturated rings. The number of furan rings is 1. The second-order valence-corrected chi connectivity index (χ2v) is 15.6. The number of thiophene rings is 1. The quantitative estimate of drug-likeness (QED) is 0.162. The number of rotatable bonds is 7. The van der Waals surface area contributed by atoms with Gasteiger partial charge in [-0.3, -0.25) is 0 Å². The van der Waals surface area contributed by atoms with E-state index in [1.807, 2.05) is 11.3 Å². The lowest BCUT2D eigenvalue weighted by Crippen LogP contribution is -2.09. The standard InChI is InChI=1S/C54H35NOS/c1-4-12-36(13-5-1)37-14-10-15-38(30-37)41-23-27-51-48(32-41)49-33-42(24-28-52(49)56-51)39-16-11-17-40(31-39)43-22-26-47-50-35-46(25-29-53(50)57-54(47)34-43)55(44-18-6-2-7-19-44)45-20-8-3-9-21-45/h1-35H. The van der Waals surface area contributed by atoms with Crippen LogP contribution in [-0.4, -0.2) is 0 Å². The van der Waals surface area contributed by atoms with Crippen LogP contribution in [0.1, 0.15) is 0 Å². The van der Waals surface area contributed by atoms with Gasteiger partial charge in [0, 0.05) is 48.0 Å². The molecular weight excluding hydrogens is 711 g/mol. The molecule has 11 aromatic rings. The molecule has 0 bridgehead atoms. The van der Waals surface area contributed by atoms with Gasteiger partial charge in [0.2, 0.25) is 0 Å². The highest BCUT2D eigenvalue weighted by Crippen LogP contribution is 2.42. The summed E-state index contributed by atoms with van der Waals surface area (Å²) >= 11 is 1.86. The van der Waals surface area contributed by atoms with Gasteiger partial charge in [0.1, 0.15) is 11.2 Å². The van der Waals surface area contributed by atoms with Gasteiger partial charge >= 0.3 is 0 Å². The molecule has 0 N–H and O–H groups in total. The first-order valence-electron chi connectivity index (χ1n) is 19.3. The van der Waals surface area contributed by atoms with E-state index in [0.29, 0.717) is 0 Å². The van der Waals surface area contributed by atoms with Gasteiger partial charge in [-0.1, -0.05) is 127 Å². The molecule has 0 radical (unpaired) electrons. The fourth-order valence-corrected chi connectivity index (χ4v) is 9.33. The zero-order valence-electron chi connectivity index (χ0n) is 31.0. The highest BCUT2D eigenvalue weighted by atomic mass is 32.1. The minimum Gasteiger partial charge on any atom is -0.456 e. The van der Waals surface area contributed by atoms with Crippen molar-refractivity contribution in [1.29, 1.82) is 0 Å². The number of para-hydroxylation sites is 2. The van der Waals surface area contributed by atoms with Crippen molar-refractivity contribution in [3.8, 4) is 44.5 Å². The van der Waals surface area contributed by atoms with Crippen LogP contribution >= 0.6 is 11.3 Å². The summed E-state index contributed by atoms with van der Waals surface area (Å²) in [5.74, 6) is 0. The summed E-state index contributed by atoms with van der Waals surface area (Å²) in [6.45, 7) is 0. The molecule has 2 nitrogen and oxygen atoms in total. The Bertz CT molecular complexity index is 3200. The molecule has 0 aliphatic rings. The summed E-state index contributed by atoms with van der Waals surface area (Å²) < 4.78 is 8.92. The van der Waals surface area contributed by atoms with E-state index in [9.17, 15) is 0 Å². The Kier molecular flexibility index (Phi) is 8.04. The van der Waals surface area contributed by atoms with Crippen molar-refractivity contribution in [2.75, 3.05) is 4.90 Å². The van der Waals surface area contributed by atoms with Gasteiger partial charge in [-0.15, -0.1) is 11.3 Å². The molecular formula is C54H35NOS. The number of benzene rings is 9. The lowest BCUT2D eigenvalue weighted by atomic mass is 9.96. The molecule has 2 aromatic heterocycles. The summed E-state index contributed by atoms with van der Waals surface area (Å²) in [4.78, 5) is 2.33. The van der Waals surface area contributed by atoms with Crippen molar-refractivity contribution in [1.82, 2.24) is 0 Å². The summed E-state index contributed by atoms with van der Waals surface area (Å²) in [5.41, 5.74) is 14.8. The molecule has 57 heavy (non-hydrogen) atoms. The van der Waals surface area contributed by atoms with Crippen LogP contribution in [0.15, 0.2) is 217 Å². The normalized spacial score (nSPS) is 11.5. The van der Waals surface area contributed by atoms with Crippen LogP contribution in [0, 0.1) is 0 Å². The highest BCUT2D eigenvalue weighted by Gasteiger charge is 2.16. The minimum atomic E-state index is 0.897. The summed E-state index contributed by atoms with van der Waals surface area (Å²) in [6.07, 6.45) is 0. The van der Waals surface area contributed by atoms with E-state index in [1.54, 1.807) is 0 Å². The SMILES string of the molecule is c1ccc(-c2cccc(-c3ccc4oc5ccc(-c6cccc(-c7ccc8c(c7)sc7ccc(N(c9ccccc9)c9ccccc9)cc78)c6)cc5c4c3)c2)cc1. The van der Waals surface area contributed by atoms with Crippen LogP contribution in [0.2, 0.25) is 0 Å². The molecule has 0 atom stereocenters. The molecule has 3 heteroatoms. The molecule has 0 spiro atoms. The maximum absolute atomic E-state index is 6.35. The van der Waals surface area contributed by atoms with E-state index in [1.165, 1.54) is 64.7 Å². The molecule has 0 saturated carbocycles. The van der Waals surface area contributed by atoms with Crippen LogP contribution in [-0.2, 0) is 0 Å². The van der Waals surface area contributed by atoms with Crippen molar-refractivity contribution in [3.05, 3.63) is 212 Å². The van der Waals surface area contributed by atoms with E-state index in [2.05, 4.69) is 217 Å². The molecule has 11 rings (SSSR count). The third-order valence-electron chi connectivity index (χ3n) is 11.0. The van der Waals surface area contributed by atoms with Crippen molar-refractivity contribution < 1.29 is 4.42 Å². The topological polar surface area (TPSA) is 16.4 Å². The Morgan fingerprint density at radius 2 is 0.754 bits per heavy atom. The lowest BCUT2D eigenvalue weighted by molar-refractivity contribution is 0.669. The van der Waals surface area contributed by atoms with E-state index in [0.717, 1.165) is 39.0 Å². The Morgan fingerprint density at radius 3 is 1.33 bits per heavy atom. The van der Waals surface area contributed by atoms with E-state index < -0.39 is 0 Å². The average Bonchev–Trinajstić information content (AvgIpc) is 3.84. The number of hydrogen-bond acceptors (Lipinski definition) is 3. The van der Waals surface area contributed by atoms with Gasteiger partial charge in [0.25, 0.3) is 0 Å². The van der Waals surface area contributed by atoms with Crippen LogP contribution < -0.4 is 4.90 Å². The van der Waals surface area contributed by atoms with Gasteiger partial charge in [0.05, 0.1) is 0 Å². The Morgan fingerprint density at radius 1 is 0.281 bits per heavy atom. The minimum absolute atomic E-state index is 0.897. The van der Waals surface area contributed by atoms with Crippen molar-refractivity contribution in [2.24, 2.45) is 0 Å². The fourth-order valence-electron chi connectivity index (χ4n) is 8.21. The number of hydrogen-bond donors (Lipinski definition) is 0. The van der Waals surface area contributed by atoms with Gasteiger partial charge < -0.3 is 9.32 Å². The van der Waals surface area contributed by atoms with Crippen molar-refractivity contribution >= 4 is 70.5 Å². The first-order chi connectivity index (χ1) is 28.2. The van der Waals surface area contributed by atoms with Crippen LogP contribution in [0.4, 0.5) is 17.1 Å². The molecule has 2 heterocycles. The van der Waals surface area contributed by atoms with Gasteiger partial charge in [-0.05, 0) is 129 Å². The second-order valence-electron chi connectivity index (χ2n) is 14.6. The molecule has 0 saturated heterocycles. The van der Waals surface area contributed by atoms with Gasteiger partial charge in [-0.25, -0.2) is 0 Å². The number of anilines is 3. The van der Waals surface area contributed by atoms with Crippen LogP contribution in [0.25, 0.3) is 86.6 Å². The smallest absolute Gasteiger partial charge is 0.135 e. The first-order valence-corrected chi connectivity index (χ1v) is 20.1. The van der Waals surface area contributed by atoms with Gasteiger partial charge in [-0.2, -0.15) is 0 Å².